The number of aromatic nitrogens is 1. The van der Waals surface area contributed by atoms with E-state index in [4.69, 9.17) is 5.14 Å². The Morgan fingerprint density at radius 1 is 1.43 bits per heavy atom. The van der Waals surface area contributed by atoms with Crippen LogP contribution in [0.3, 0.4) is 0 Å². The Kier molecular flexibility index (Phi) is 3.17. The van der Waals surface area contributed by atoms with Crippen molar-refractivity contribution < 1.29 is 17.2 Å². The van der Waals surface area contributed by atoms with E-state index in [0.29, 0.717) is 0 Å². The number of hydrogen-bond acceptors (Lipinski definition) is 3. The maximum Gasteiger partial charge on any atom is 0.281 e. The fourth-order valence-corrected chi connectivity index (χ4v) is 1.63. The third-order valence-electron chi connectivity index (χ3n) is 1.35. The van der Waals surface area contributed by atoms with Crippen LogP contribution in [-0.4, -0.2) is 13.4 Å². The van der Waals surface area contributed by atoms with Crippen molar-refractivity contribution in [3.63, 3.8) is 0 Å². The Bertz CT molecular complexity index is 449. The molecular formula is C6H5BrF2N2O2S. The third kappa shape index (κ3) is 2.46. The van der Waals surface area contributed by atoms with Crippen LogP contribution in [0.25, 0.3) is 0 Å². The van der Waals surface area contributed by atoms with Gasteiger partial charge in [-0.2, -0.15) is 0 Å². The first-order valence-corrected chi connectivity index (χ1v) is 5.63. The van der Waals surface area contributed by atoms with E-state index in [-0.39, 0.29) is 4.47 Å². The molecule has 0 aliphatic heterocycles. The largest absolute Gasteiger partial charge is 0.281 e. The molecule has 0 saturated carbocycles. The van der Waals surface area contributed by atoms with Crippen LogP contribution in [0.15, 0.2) is 21.6 Å². The van der Waals surface area contributed by atoms with Crippen LogP contribution in [0.4, 0.5) is 8.78 Å². The lowest BCUT2D eigenvalue weighted by Gasteiger charge is -2.03. The lowest BCUT2D eigenvalue weighted by Crippen LogP contribution is -2.14. The first kappa shape index (κ1) is 11.5. The Morgan fingerprint density at radius 2 is 2.00 bits per heavy atom. The van der Waals surface area contributed by atoms with Crippen LogP contribution in [-0.2, 0) is 10.0 Å². The van der Waals surface area contributed by atoms with E-state index < -0.39 is 27.2 Å². The second kappa shape index (κ2) is 3.87. The van der Waals surface area contributed by atoms with Gasteiger partial charge in [-0.1, -0.05) is 0 Å². The molecule has 0 amide bonds. The molecule has 8 heteroatoms. The van der Waals surface area contributed by atoms with Gasteiger partial charge in [0.15, 0.2) is 5.03 Å². The van der Waals surface area contributed by atoms with Gasteiger partial charge in [0.2, 0.25) is 0 Å². The monoisotopic (exact) mass is 286 g/mol. The van der Waals surface area contributed by atoms with E-state index >= 15 is 0 Å². The molecule has 0 unspecified atom stereocenters. The molecule has 0 spiro atoms. The van der Waals surface area contributed by atoms with Gasteiger partial charge in [-0.05, 0) is 28.1 Å². The fraction of sp³-hybridized carbons (Fsp3) is 0.167. The summed E-state index contributed by atoms with van der Waals surface area (Å²) in [5.74, 6) is 0. The molecule has 0 saturated heterocycles. The van der Waals surface area contributed by atoms with Crippen molar-refractivity contribution in [2.75, 3.05) is 0 Å². The highest BCUT2D eigenvalue weighted by molar-refractivity contribution is 9.10. The zero-order chi connectivity index (χ0) is 10.9. The zero-order valence-corrected chi connectivity index (χ0v) is 9.02. The van der Waals surface area contributed by atoms with Gasteiger partial charge in [0, 0.05) is 4.47 Å². The molecule has 0 radical (unpaired) electrons. The van der Waals surface area contributed by atoms with E-state index in [1.807, 2.05) is 0 Å². The summed E-state index contributed by atoms with van der Waals surface area (Å²) in [6.45, 7) is 0. The van der Waals surface area contributed by atoms with E-state index in [2.05, 4.69) is 20.9 Å². The summed E-state index contributed by atoms with van der Waals surface area (Å²) in [5.41, 5.74) is -0.642. The summed E-state index contributed by atoms with van der Waals surface area (Å²) in [6, 6.07) is 2.21. The first-order chi connectivity index (χ1) is 6.32. The molecule has 1 heterocycles. The Hall–Kier alpha value is -0.600. The van der Waals surface area contributed by atoms with Gasteiger partial charge in [-0.3, -0.25) is 0 Å². The summed E-state index contributed by atoms with van der Waals surface area (Å²) >= 11 is 2.82. The molecule has 0 aliphatic rings. The second-order valence-electron chi connectivity index (χ2n) is 2.36. The van der Waals surface area contributed by atoms with Crippen LogP contribution < -0.4 is 5.14 Å². The van der Waals surface area contributed by atoms with E-state index in [1.54, 1.807) is 0 Å². The summed E-state index contributed by atoms with van der Waals surface area (Å²) in [5, 5.41) is 4.15. The highest BCUT2D eigenvalue weighted by Crippen LogP contribution is 2.26. The molecule has 2 N–H and O–H groups in total. The van der Waals surface area contributed by atoms with Gasteiger partial charge in [0.1, 0.15) is 5.69 Å². The van der Waals surface area contributed by atoms with E-state index in [9.17, 15) is 17.2 Å². The average Bonchev–Trinajstić information content (AvgIpc) is 2.02. The van der Waals surface area contributed by atoms with E-state index in [1.165, 1.54) is 0 Å². The Labute approximate surface area is 87.3 Å². The van der Waals surface area contributed by atoms with Gasteiger partial charge < -0.3 is 0 Å². The fourth-order valence-electron chi connectivity index (χ4n) is 0.751. The second-order valence-corrected chi connectivity index (χ2v) is 4.72. The molecule has 0 aliphatic carbocycles. The van der Waals surface area contributed by atoms with Crippen molar-refractivity contribution in [3.8, 4) is 0 Å². The molecule has 0 atom stereocenters. The van der Waals surface area contributed by atoms with Gasteiger partial charge in [-0.15, -0.1) is 0 Å². The van der Waals surface area contributed by atoms with Crippen LogP contribution in [0, 0.1) is 0 Å². The molecule has 0 aromatic carbocycles. The zero-order valence-electron chi connectivity index (χ0n) is 6.62. The maximum atomic E-state index is 12.3. The van der Waals surface area contributed by atoms with Crippen molar-refractivity contribution in [2.24, 2.45) is 5.14 Å². The number of sulfonamides is 1. The highest BCUT2D eigenvalue weighted by Gasteiger charge is 2.18. The molecule has 1 aromatic rings. The third-order valence-corrected chi connectivity index (χ3v) is 2.83. The standard InChI is InChI=1S/C6H5BrF2N2O2S/c7-3-1-2-4(14(10,12)13)11-5(3)6(8)9/h1-2,6H,(H2,10,12,13). The average molecular weight is 287 g/mol. The van der Waals surface area contributed by atoms with Crippen molar-refractivity contribution in [2.45, 2.75) is 11.5 Å². The summed E-state index contributed by atoms with van der Waals surface area (Å²) in [4.78, 5) is 3.23. The SMILES string of the molecule is NS(=O)(=O)c1ccc(Br)c(C(F)F)n1. The summed E-state index contributed by atoms with van der Waals surface area (Å²) < 4.78 is 46.1. The summed E-state index contributed by atoms with van der Waals surface area (Å²) in [7, 11) is -4.04. The van der Waals surface area contributed by atoms with Crippen LogP contribution in [0.5, 0.6) is 0 Å². The smallest absolute Gasteiger partial charge is 0.233 e. The Morgan fingerprint density at radius 3 is 2.43 bits per heavy atom. The molecule has 4 nitrogen and oxygen atoms in total. The number of halogens is 3. The number of nitrogens with zero attached hydrogens (tertiary/aromatic N) is 1. The number of nitrogens with two attached hydrogens (primary N) is 1. The van der Waals surface area contributed by atoms with Crippen molar-refractivity contribution in [1.82, 2.24) is 4.98 Å². The maximum absolute atomic E-state index is 12.3. The predicted octanol–water partition coefficient (Wildman–Crippen LogP) is 1.43. The number of hydrogen-bond donors (Lipinski definition) is 1. The Balaban J connectivity index is 3.34. The minimum Gasteiger partial charge on any atom is -0.233 e. The van der Waals surface area contributed by atoms with Crippen LogP contribution >= 0.6 is 15.9 Å². The van der Waals surface area contributed by atoms with Gasteiger partial charge in [-0.25, -0.2) is 27.3 Å². The number of pyridine rings is 1. The quantitative estimate of drug-likeness (QED) is 0.894. The van der Waals surface area contributed by atoms with Gasteiger partial charge in [0.05, 0.1) is 0 Å². The number of primary sulfonamides is 1. The van der Waals surface area contributed by atoms with Crippen LogP contribution in [0.2, 0.25) is 0 Å². The molecule has 1 aromatic heterocycles. The van der Waals surface area contributed by atoms with Gasteiger partial charge >= 0.3 is 0 Å². The number of rotatable bonds is 2. The van der Waals surface area contributed by atoms with E-state index in [0.717, 1.165) is 12.1 Å². The predicted molar refractivity (Wildman–Crippen MR) is 48.3 cm³/mol. The first-order valence-electron chi connectivity index (χ1n) is 3.30. The number of alkyl halides is 2. The topological polar surface area (TPSA) is 73.1 Å². The minimum atomic E-state index is -4.04. The molecule has 0 bridgehead atoms. The molecule has 1 rings (SSSR count). The summed E-state index contributed by atoms with van der Waals surface area (Å²) in [6.07, 6.45) is -2.86. The molecular weight excluding hydrogens is 282 g/mol. The lowest BCUT2D eigenvalue weighted by molar-refractivity contribution is 0.144. The molecule has 14 heavy (non-hydrogen) atoms. The molecule has 0 fully saturated rings. The highest BCUT2D eigenvalue weighted by atomic mass is 79.9. The minimum absolute atomic E-state index is 0.0416. The lowest BCUT2D eigenvalue weighted by atomic mass is 10.4. The van der Waals surface area contributed by atoms with Crippen molar-refractivity contribution >= 4 is 26.0 Å². The van der Waals surface area contributed by atoms with Crippen molar-refractivity contribution in [3.05, 3.63) is 22.3 Å². The van der Waals surface area contributed by atoms with Crippen LogP contribution in [0.1, 0.15) is 12.1 Å². The normalized spacial score (nSPS) is 12.1. The van der Waals surface area contributed by atoms with Gasteiger partial charge in [0.25, 0.3) is 16.4 Å². The van der Waals surface area contributed by atoms with Crippen molar-refractivity contribution in [1.29, 1.82) is 0 Å². The molecule has 78 valence electrons.